The molecule has 1 saturated heterocycles. The van der Waals surface area contributed by atoms with Crippen molar-refractivity contribution in [3.63, 3.8) is 0 Å². The van der Waals surface area contributed by atoms with Crippen LogP contribution in [0.3, 0.4) is 0 Å². The van der Waals surface area contributed by atoms with Crippen LogP contribution in [0.15, 0.2) is 66.7 Å². The van der Waals surface area contributed by atoms with Crippen LogP contribution < -0.4 is 29.2 Å². The van der Waals surface area contributed by atoms with E-state index in [0.717, 1.165) is 10.5 Å². The van der Waals surface area contributed by atoms with E-state index in [1.807, 2.05) is 0 Å². The van der Waals surface area contributed by atoms with Gasteiger partial charge in [0.15, 0.2) is 11.5 Å². The minimum absolute atomic E-state index is 0.0994. The summed E-state index contributed by atoms with van der Waals surface area (Å²) in [4.78, 5) is 42.6. The Morgan fingerprint density at radius 3 is 2.46 bits per heavy atom. The van der Waals surface area contributed by atoms with E-state index in [-0.39, 0.29) is 19.8 Å². The van der Waals surface area contributed by atoms with Crippen molar-refractivity contribution in [3.05, 3.63) is 72.3 Å². The lowest BCUT2D eigenvalue weighted by Gasteiger charge is -2.22. The molecule has 37 heavy (non-hydrogen) atoms. The molecule has 3 aromatic rings. The van der Waals surface area contributed by atoms with Gasteiger partial charge in [-0.1, -0.05) is 12.1 Å². The number of fused-ring (bicyclic) bond motifs is 1. The molecule has 0 unspecified atom stereocenters. The van der Waals surface area contributed by atoms with E-state index in [0.29, 0.717) is 34.4 Å². The molecule has 2 aliphatic heterocycles. The molecule has 2 aliphatic rings. The van der Waals surface area contributed by atoms with Crippen LogP contribution in [-0.4, -0.2) is 49.8 Å². The monoisotopic (exact) mass is 503 g/mol. The highest BCUT2D eigenvalue weighted by atomic mass is 16.7. The van der Waals surface area contributed by atoms with Gasteiger partial charge in [0.25, 0.3) is 5.91 Å². The second kappa shape index (κ2) is 10.1. The third-order valence-electron chi connectivity index (χ3n) is 6.17. The fourth-order valence-electron chi connectivity index (χ4n) is 4.30. The van der Waals surface area contributed by atoms with Crippen molar-refractivity contribution >= 4 is 29.2 Å². The first-order chi connectivity index (χ1) is 18.0. The summed E-state index contributed by atoms with van der Waals surface area (Å²) in [5.41, 5.74) is 1.65. The highest BCUT2D eigenvalue weighted by Crippen LogP contribution is 2.35. The number of benzene rings is 3. The van der Waals surface area contributed by atoms with Crippen LogP contribution in [0.2, 0.25) is 0 Å². The van der Waals surface area contributed by atoms with Gasteiger partial charge in [0.1, 0.15) is 17.5 Å². The number of anilines is 2. The molecule has 3 aromatic carbocycles. The Hall–Kier alpha value is -4.73. The van der Waals surface area contributed by atoms with Crippen LogP contribution in [0.4, 0.5) is 16.2 Å². The summed E-state index contributed by atoms with van der Waals surface area (Å²) in [6, 6.07) is 17.3. The summed E-state index contributed by atoms with van der Waals surface area (Å²) < 4.78 is 21.2. The van der Waals surface area contributed by atoms with Crippen LogP contribution in [0, 0.1) is 0 Å². The van der Waals surface area contributed by atoms with Crippen LogP contribution in [0.1, 0.15) is 12.0 Å². The van der Waals surface area contributed by atoms with Crippen LogP contribution >= 0.6 is 0 Å². The molecule has 0 aromatic heterocycles. The predicted molar refractivity (Wildman–Crippen MR) is 134 cm³/mol. The molecule has 190 valence electrons. The third kappa shape index (κ3) is 4.86. The van der Waals surface area contributed by atoms with Crippen molar-refractivity contribution in [2.75, 3.05) is 31.2 Å². The molecule has 1 N–H and O–H groups in total. The third-order valence-corrected chi connectivity index (χ3v) is 6.17. The molecular weight excluding hydrogens is 478 g/mol. The number of urea groups is 1. The van der Waals surface area contributed by atoms with E-state index >= 15 is 0 Å². The van der Waals surface area contributed by atoms with Gasteiger partial charge in [-0.3, -0.25) is 9.59 Å². The molecule has 0 spiro atoms. The van der Waals surface area contributed by atoms with Crippen molar-refractivity contribution < 1.29 is 33.3 Å². The average Bonchev–Trinajstić information content (AvgIpc) is 3.47. The van der Waals surface area contributed by atoms with Crippen LogP contribution in [0.25, 0.3) is 0 Å². The van der Waals surface area contributed by atoms with Gasteiger partial charge >= 0.3 is 6.03 Å². The summed E-state index contributed by atoms with van der Waals surface area (Å²) in [6.45, 7) is 0.222. The molecule has 1 fully saturated rings. The zero-order chi connectivity index (χ0) is 25.9. The number of carbonyl (C=O) groups excluding carboxylic acids is 3. The van der Waals surface area contributed by atoms with E-state index in [4.69, 9.17) is 18.9 Å². The quantitative estimate of drug-likeness (QED) is 0.466. The number of nitrogens with zero attached hydrogens (tertiary/aromatic N) is 2. The number of amides is 4. The zero-order valence-corrected chi connectivity index (χ0v) is 20.3. The summed E-state index contributed by atoms with van der Waals surface area (Å²) in [5, 5.41) is 2.79. The molecule has 0 radical (unpaired) electrons. The predicted octanol–water partition coefficient (Wildman–Crippen LogP) is 3.80. The van der Waals surface area contributed by atoms with E-state index in [9.17, 15) is 14.4 Å². The first kappa shape index (κ1) is 24.0. The number of methoxy groups -OCH3 is 2. The van der Waals surface area contributed by atoms with E-state index in [1.54, 1.807) is 73.8 Å². The average molecular weight is 504 g/mol. The lowest BCUT2D eigenvalue weighted by Crippen LogP contribution is -2.37. The topological polar surface area (TPSA) is 107 Å². The van der Waals surface area contributed by atoms with E-state index < -0.39 is 23.9 Å². The normalized spacial score (nSPS) is 16.2. The molecule has 0 aliphatic carbocycles. The zero-order valence-electron chi connectivity index (χ0n) is 20.3. The highest BCUT2D eigenvalue weighted by Gasteiger charge is 2.46. The Labute approximate surface area is 213 Å². The summed E-state index contributed by atoms with van der Waals surface area (Å²) in [6.07, 6.45) is -0.221. The summed E-state index contributed by atoms with van der Waals surface area (Å²) in [5.74, 6) is 1.43. The number of hydrogen-bond donors (Lipinski definition) is 1. The molecule has 2 heterocycles. The minimum Gasteiger partial charge on any atom is -0.497 e. The number of rotatable bonds is 8. The maximum absolute atomic E-state index is 13.6. The first-order valence-corrected chi connectivity index (χ1v) is 11.6. The van der Waals surface area contributed by atoms with E-state index in [2.05, 4.69) is 5.32 Å². The van der Waals surface area contributed by atoms with Crippen molar-refractivity contribution in [2.45, 2.75) is 19.0 Å². The van der Waals surface area contributed by atoms with Gasteiger partial charge in [0.2, 0.25) is 12.7 Å². The number of hydrogen-bond acceptors (Lipinski definition) is 7. The fourth-order valence-corrected chi connectivity index (χ4v) is 4.30. The van der Waals surface area contributed by atoms with Crippen molar-refractivity contribution in [2.24, 2.45) is 0 Å². The van der Waals surface area contributed by atoms with Crippen LogP contribution in [0.5, 0.6) is 23.0 Å². The van der Waals surface area contributed by atoms with Gasteiger partial charge < -0.3 is 29.2 Å². The second-order valence-electron chi connectivity index (χ2n) is 8.47. The standard InChI is InChI=1S/C27H25N3O7/c1-34-20-9-7-18(8-10-20)28-25(31)14-22-26(32)30(19-4-3-5-21(13-19)35-2)27(33)29(22)15-17-6-11-23-24(12-17)37-16-36-23/h3-13,22H,14-16H2,1-2H3,(H,28,31)/t22-/m1/s1. The van der Waals surface area contributed by atoms with Gasteiger partial charge in [0.05, 0.1) is 26.3 Å². The van der Waals surface area contributed by atoms with Gasteiger partial charge in [0, 0.05) is 18.3 Å². The molecule has 0 saturated carbocycles. The lowest BCUT2D eigenvalue weighted by atomic mass is 10.1. The number of carbonyl (C=O) groups is 3. The smallest absolute Gasteiger partial charge is 0.332 e. The van der Waals surface area contributed by atoms with E-state index in [1.165, 1.54) is 12.0 Å². The SMILES string of the molecule is COc1ccc(NC(=O)C[C@@H]2C(=O)N(c3cccc(OC)c3)C(=O)N2Cc2ccc3c(c2)OCO3)cc1. The summed E-state index contributed by atoms with van der Waals surface area (Å²) in [7, 11) is 3.06. The molecule has 1 atom stereocenters. The van der Waals surface area contributed by atoms with Crippen LogP contribution in [-0.2, 0) is 16.1 Å². The molecule has 10 heteroatoms. The van der Waals surface area contributed by atoms with Crippen molar-refractivity contribution in [1.82, 2.24) is 4.90 Å². The largest absolute Gasteiger partial charge is 0.497 e. The highest BCUT2D eigenvalue weighted by molar-refractivity contribution is 6.22. The van der Waals surface area contributed by atoms with Crippen molar-refractivity contribution in [3.8, 4) is 23.0 Å². The summed E-state index contributed by atoms with van der Waals surface area (Å²) >= 11 is 0. The molecule has 10 nitrogen and oxygen atoms in total. The molecular formula is C27H25N3O7. The maximum atomic E-state index is 13.6. The maximum Gasteiger partial charge on any atom is 0.332 e. The fraction of sp³-hybridized carbons (Fsp3) is 0.222. The Kier molecular flexibility index (Phi) is 6.55. The Balaban J connectivity index is 1.41. The lowest BCUT2D eigenvalue weighted by molar-refractivity contribution is -0.124. The van der Waals surface area contributed by atoms with Gasteiger partial charge in [-0.25, -0.2) is 9.69 Å². The van der Waals surface area contributed by atoms with Crippen molar-refractivity contribution in [1.29, 1.82) is 0 Å². The Morgan fingerprint density at radius 2 is 1.70 bits per heavy atom. The van der Waals surface area contributed by atoms with Gasteiger partial charge in [-0.2, -0.15) is 0 Å². The Morgan fingerprint density at radius 1 is 0.946 bits per heavy atom. The molecule has 5 rings (SSSR count). The number of nitrogens with one attached hydrogen (secondary N) is 1. The first-order valence-electron chi connectivity index (χ1n) is 11.6. The van der Waals surface area contributed by atoms with Gasteiger partial charge in [-0.15, -0.1) is 0 Å². The molecule has 4 amide bonds. The number of imide groups is 1. The second-order valence-corrected chi connectivity index (χ2v) is 8.47. The number of ether oxygens (including phenoxy) is 4. The van der Waals surface area contributed by atoms with Gasteiger partial charge in [-0.05, 0) is 54.1 Å². The Bertz CT molecular complexity index is 1340. The minimum atomic E-state index is -1.01. The molecule has 0 bridgehead atoms.